The smallest absolute Gasteiger partial charge is 0.244 e. The molecule has 2 amide bonds. The zero-order valence-electron chi connectivity index (χ0n) is 19.7. The number of anilines is 1. The second-order valence-corrected chi connectivity index (χ2v) is 12.5. The van der Waals surface area contributed by atoms with Gasteiger partial charge >= 0.3 is 0 Å². The minimum Gasteiger partial charge on any atom is -0.354 e. The Morgan fingerprint density at radius 1 is 1.00 bits per heavy atom. The summed E-state index contributed by atoms with van der Waals surface area (Å²) in [6, 6.07) is 9.00. The lowest BCUT2D eigenvalue weighted by atomic mass is 10.1. The van der Waals surface area contributed by atoms with Crippen LogP contribution in [-0.2, 0) is 26.2 Å². The quantitative estimate of drug-likeness (QED) is 0.359. The van der Waals surface area contributed by atoms with Gasteiger partial charge in [0.1, 0.15) is 12.6 Å². The molecule has 7 nitrogen and oxygen atoms in total. The van der Waals surface area contributed by atoms with Gasteiger partial charge < -0.3 is 10.2 Å². The molecular formula is C23H27BrCl3N3O4S. The molecule has 0 aliphatic carbocycles. The van der Waals surface area contributed by atoms with Gasteiger partial charge in [-0.05, 0) is 42.7 Å². The first-order valence-electron chi connectivity index (χ1n) is 10.6. The molecule has 0 fully saturated rings. The summed E-state index contributed by atoms with van der Waals surface area (Å²) in [6.45, 7) is 5.46. The maximum atomic E-state index is 13.5. The molecule has 0 spiro atoms. The van der Waals surface area contributed by atoms with E-state index in [1.807, 2.05) is 38.1 Å². The van der Waals surface area contributed by atoms with E-state index in [-0.39, 0.29) is 39.1 Å². The Hall–Kier alpha value is -1.52. The predicted octanol–water partition coefficient (Wildman–Crippen LogP) is 5.36. The average Bonchev–Trinajstić information content (AvgIpc) is 2.76. The van der Waals surface area contributed by atoms with Crippen molar-refractivity contribution in [1.29, 1.82) is 0 Å². The first-order chi connectivity index (χ1) is 16.2. The molecule has 1 N–H and O–H groups in total. The number of carbonyl (C=O) groups is 2. The van der Waals surface area contributed by atoms with Crippen LogP contribution >= 0.6 is 50.7 Å². The number of nitrogens with one attached hydrogen (secondary N) is 1. The van der Waals surface area contributed by atoms with Crippen molar-refractivity contribution in [1.82, 2.24) is 10.2 Å². The topological polar surface area (TPSA) is 86.8 Å². The molecule has 0 bridgehead atoms. The van der Waals surface area contributed by atoms with Crippen molar-refractivity contribution in [3.8, 4) is 0 Å². The fraction of sp³-hybridized carbons (Fsp3) is 0.391. The van der Waals surface area contributed by atoms with Gasteiger partial charge in [0, 0.05) is 17.6 Å². The maximum absolute atomic E-state index is 13.5. The molecule has 192 valence electrons. The molecule has 0 aliphatic rings. The lowest BCUT2D eigenvalue weighted by molar-refractivity contribution is -0.139. The summed E-state index contributed by atoms with van der Waals surface area (Å²) >= 11 is 21.7. The summed E-state index contributed by atoms with van der Waals surface area (Å²) in [5.41, 5.74) is 0.779. The molecule has 35 heavy (non-hydrogen) atoms. The van der Waals surface area contributed by atoms with Crippen LogP contribution < -0.4 is 9.62 Å². The number of benzene rings is 2. The normalized spacial score (nSPS) is 12.4. The number of hydrogen-bond donors (Lipinski definition) is 1. The average molecular weight is 628 g/mol. The van der Waals surface area contributed by atoms with Gasteiger partial charge in [-0.15, -0.1) is 0 Å². The Morgan fingerprint density at radius 2 is 1.57 bits per heavy atom. The highest BCUT2D eigenvalue weighted by atomic mass is 79.9. The molecule has 0 aromatic heterocycles. The van der Waals surface area contributed by atoms with Gasteiger partial charge in [0.15, 0.2) is 0 Å². The molecule has 0 radical (unpaired) electrons. The van der Waals surface area contributed by atoms with Gasteiger partial charge in [0.05, 0.1) is 27.0 Å². The largest absolute Gasteiger partial charge is 0.354 e. The number of nitrogens with zero attached hydrogens (tertiary/aromatic N) is 2. The first-order valence-corrected chi connectivity index (χ1v) is 14.4. The molecule has 0 saturated heterocycles. The molecule has 1 unspecified atom stereocenters. The Morgan fingerprint density at radius 3 is 2.11 bits per heavy atom. The number of sulfonamides is 1. The minimum absolute atomic E-state index is 0.0115. The molecule has 1 atom stereocenters. The van der Waals surface area contributed by atoms with E-state index in [0.717, 1.165) is 20.6 Å². The molecule has 2 aromatic carbocycles. The monoisotopic (exact) mass is 625 g/mol. The van der Waals surface area contributed by atoms with Crippen LogP contribution in [0.3, 0.4) is 0 Å². The van der Waals surface area contributed by atoms with E-state index in [9.17, 15) is 18.0 Å². The van der Waals surface area contributed by atoms with Crippen molar-refractivity contribution in [3.63, 3.8) is 0 Å². The summed E-state index contributed by atoms with van der Waals surface area (Å²) < 4.78 is 27.0. The second kappa shape index (κ2) is 12.6. The molecule has 2 rings (SSSR count). The Balaban J connectivity index is 2.43. The van der Waals surface area contributed by atoms with E-state index in [0.29, 0.717) is 6.54 Å². The van der Waals surface area contributed by atoms with Crippen LogP contribution in [0, 0.1) is 5.92 Å². The van der Waals surface area contributed by atoms with E-state index >= 15 is 0 Å². The van der Waals surface area contributed by atoms with E-state index in [4.69, 9.17) is 34.8 Å². The highest BCUT2D eigenvalue weighted by Crippen LogP contribution is 2.35. The SMILES string of the molecule is CC(C)CNC(=O)C(C)N(Cc1ccc(Br)cc1)C(=O)CN(c1cc(Cl)c(Cl)cc1Cl)S(C)(=O)=O. The highest BCUT2D eigenvalue weighted by Gasteiger charge is 2.31. The molecule has 0 saturated carbocycles. The third-order valence-corrected chi connectivity index (χ3v) is 7.74. The Kier molecular flexibility index (Phi) is 10.7. The zero-order chi connectivity index (χ0) is 26.5. The molecule has 12 heteroatoms. The summed E-state index contributed by atoms with van der Waals surface area (Å²) in [4.78, 5) is 27.7. The summed E-state index contributed by atoms with van der Waals surface area (Å²) in [5, 5.41) is 3.07. The van der Waals surface area contributed by atoms with E-state index < -0.39 is 28.5 Å². The molecule has 0 aliphatic heterocycles. The summed E-state index contributed by atoms with van der Waals surface area (Å²) in [6.07, 6.45) is 0.955. The fourth-order valence-electron chi connectivity index (χ4n) is 3.12. The second-order valence-electron chi connectivity index (χ2n) is 8.45. The van der Waals surface area contributed by atoms with Crippen molar-refractivity contribution in [3.05, 3.63) is 61.5 Å². The number of carbonyl (C=O) groups excluding carboxylic acids is 2. The van der Waals surface area contributed by atoms with Gasteiger partial charge in [0.25, 0.3) is 0 Å². The van der Waals surface area contributed by atoms with Gasteiger partial charge in [-0.3, -0.25) is 13.9 Å². The summed E-state index contributed by atoms with van der Waals surface area (Å²) in [7, 11) is -3.95. The number of rotatable bonds is 10. The van der Waals surface area contributed by atoms with Gasteiger partial charge in [-0.25, -0.2) is 8.42 Å². The molecular weight excluding hydrogens is 601 g/mol. The summed E-state index contributed by atoms with van der Waals surface area (Å²) in [5.74, 6) is -0.713. The van der Waals surface area contributed by atoms with Crippen LogP contribution in [0.1, 0.15) is 26.3 Å². The van der Waals surface area contributed by atoms with Crippen LogP contribution in [0.15, 0.2) is 40.9 Å². The van der Waals surface area contributed by atoms with E-state index in [2.05, 4.69) is 21.2 Å². The number of halogens is 4. The fourth-order valence-corrected chi connectivity index (χ4v) is 4.93. The van der Waals surface area contributed by atoms with Crippen LogP contribution in [0.25, 0.3) is 0 Å². The third-order valence-electron chi connectivity index (χ3n) is 5.06. The Bertz CT molecular complexity index is 1180. The third kappa shape index (κ3) is 8.53. The van der Waals surface area contributed by atoms with Crippen LogP contribution in [0.5, 0.6) is 0 Å². The van der Waals surface area contributed by atoms with Crippen molar-refractivity contribution >= 4 is 78.3 Å². The van der Waals surface area contributed by atoms with Crippen molar-refractivity contribution in [2.45, 2.75) is 33.4 Å². The van der Waals surface area contributed by atoms with E-state index in [1.54, 1.807) is 6.92 Å². The lowest BCUT2D eigenvalue weighted by Crippen LogP contribution is -2.51. The van der Waals surface area contributed by atoms with Gasteiger partial charge in [-0.1, -0.05) is 76.7 Å². The highest BCUT2D eigenvalue weighted by molar-refractivity contribution is 9.10. The van der Waals surface area contributed by atoms with E-state index in [1.165, 1.54) is 17.0 Å². The van der Waals surface area contributed by atoms with Crippen LogP contribution in [0.4, 0.5) is 5.69 Å². The van der Waals surface area contributed by atoms with Crippen LogP contribution in [0.2, 0.25) is 15.1 Å². The van der Waals surface area contributed by atoms with Crippen LogP contribution in [-0.4, -0.2) is 50.5 Å². The van der Waals surface area contributed by atoms with Crippen molar-refractivity contribution in [2.24, 2.45) is 5.92 Å². The van der Waals surface area contributed by atoms with Crippen molar-refractivity contribution < 1.29 is 18.0 Å². The number of hydrogen-bond acceptors (Lipinski definition) is 4. The zero-order valence-corrected chi connectivity index (χ0v) is 24.4. The standard InChI is InChI=1S/C23H27BrCl3N3O4S/c1-14(2)11-28-23(32)15(3)29(12-16-5-7-17(24)8-6-16)22(31)13-30(35(4,33)34)21-10-19(26)18(25)9-20(21)27/h5-10,14-15H,11-13H2,1-4H3,(H,28,32). The lowest BCUT2D eigenvalue weighted by Gasteiger charge is -2.32. The van der Waals surface area contributed by atoms with Gasteiger partial charge in [-0.2, -0.15) is 0 Å². The molecule has 0 heterocycles. The first kappa shape index (κ1) is 29.7. The predicted molar refractivity (Wildman–Crippen MR) is 146 cm³/mol. The molecule has 2 aromatic rings. The maximum Gasteiger partial charge on any atom is 0.244 e. The number of amides is 2. The van der Waals surface area contributed by atoms with Crippen molar-refractivity contribution in [2.75, 3.05) is 23.7 Å². The Labute approximate surface area is 229 Å². The minimum atomic E-state index is -3.95. The van der Waals surface area contributed by atoms with Gasteiger partial charge in [0.2, 0.25) is 21.8 Å².